The molecule has 1 aromatic carbocycles. The molecule has 0 amide bonds. The first-order valence-corrected chi connectivity index (χ1v) is 9.21. The van der Waals surface area contributed by atoms with Crippen molar-refractivity contribution in [3.63, 3.8) is 0 Å². The number of hydrogen-bond acceptors (Lipinski definition) is 3. The van der Waals surface area contributed by atoms with Gasteiger partial charge in [-0.1, -0.05) is 37.3 Å². The fourth-order valence-corrected chi connectivity index (χ4v) is 3.98. The van der Waals surface area contributed by atoms with E-state index in [0.717, 1.165) is 35.7 Å². The van der Waals surface area contributed by atoms with Crippen LogP contribution in [0.4, 0.5) is 0 Å². The number of rotatable bonds is 4. The highest BCUT2D eigenvalue weighted by Crippen LogP contribution is 2.37. The molecule has 0 unspecified atom stereocenters. The van der Waals surface area contributed by atoms with E-state index in [-0.39, 0.29) is 12.0 Å². The van der Waals surface area contributed by atoms with Crippen LogP contribution in [0.2, 0.25) is 0 Å². The van der Waals surface area contributed by atoms with E-state index in [1.165, 1.54) is 0 Å². The molecule has 4 heteroatoms. The topological polar surface area (TPSA) is 65.9 Å². The smallest absolute Gasteiger partial charge is 0.331 e. The number of hydrogen-bond donors (Lipinski definition) is 1. The molecule has 136 valence electrons. The Morgan fingerprint density at radius 3 is 2.81 bits per heavy atom. The Balaban J connectivity index is 1.91. The molecule has 3 rings (SSSR count). The standard InChI is InChI=1S/C22H26N2O2/c1-14(2)16-10-9-15(3)11-20(16)26-21(25)22(4,13-23)18-12-24-19-8-6-5-7-17(18)19/h5-8,12,15-16,20,24H,1,9-11H2,2-4H3/t15-,16+,20-,22-/m1/s1. The van der Waals surface area contributed by atoms with Gasteiger partial charge >= 0.3 is 5.97 Å². The maximum atomic E-state index is 13.1. The van der Waals surface area contributed by atoms with Crippen LogP contribution in [-0.2, 0) is 14.9 Å². The lowest BCUT2D eigenvalue weighted by Crippen LogP contribution is -2.40. The second-order valence-electron chi connectivity index (χ2n) is 7.80. The summed E-state index contributed by atoms with van der Waals surface area (Å²) in [6.45, 7) is 9.89. The molecular weight excluding hydrogens is 324 g/mol. The third-order valence-electron chi connectivity index (χ3n) is 5.71. The number of aromatic nitrogens is 1. The number of benzene rings is 1. The molecule has 1 N–H and O–H groups in total. The van der Waals surface area contributed by atoms with Crippen LogP contribution in [0.25, 0.3) is 10.9 Å². The van der Waals surface area contributed by atoms with Crippen molar-refractivity contribution < 1.29 is 9.53 Å². The van der Waals surface area contributed by atoms with Crippen LogP contribution >= 0.6 is 0 Å². The van der Waals surface area contributed by atoms with Gasteiger partial charge in [0.1, 0.15) is 6.10 Å². The van der Waals surface area contributed by atoms with Crippen molar-refractivity contribution in [2.75, 3.05) is 0 Å². The number of H-pyrrole nitrogens is 1. The summed E-state index contributed by atoms with van der Waals surface area (Å²) in [5.41, 5.74) is 1.26. The number of carbonyl (C=O) groups is 1. The predicted octanol–water partition coefficient (Wildman–Crippen LogP) is 4.87. The zero-order valence-corrected chi connectivity index (χ0v) is 15.7. The van der Waals surface area contributed by atoms with Gasteiger partial charge < -0.3 is 9.72 Å². The van der Waals surface area contributed by atoms with Crippen molar-refractivity contribution in [1.82, 2.24) is 4.98 Å². The summed E-state index contributed by atoms with van der Waals surface area (Å²) in [7, 11) is 0. The van der Waals surface area contributed by atoms with Crippen molar-refractivity contribution in [1.29, 1.82) is 5.26 Å². The Bertz CT molecular complexity index is 876. The van der Waals surface area contributed by atoms with Crippen LogP contribution in [0.15, 0.2) is 42.6 Å². The molecule has 0 saturated heterocycles. The zero-order chi connectivity index (χ0) is 18.9. The van der Waals surface area contributed by atoms with E-state index >= 15 is 0 Å². The Morgan fingerprint density at radius 1 is 1.38 bits per heavy atom. The summed E-state index contributed by atoms with van der Waals surface area (Å²) >= 11 is 0. The quantitative estimate of drug-likeness (QED) is 0.632. The second kappa shape index (κ2) is 6.99. The van der Waals surface area contributed by atoms with Crippen molar-refractivity contribution in [3.05, 3.63) is 48.2 Å². The van der Waals surface area contributed by atoms with Crippen LogP contribution in [0.3, 0.4) is 0 Å². The Hall–Kier alpha value is -2.54. The normalized spacial score (nSPS) is 25.2. The number of aromatic amines is 1. The monoisotopic (exact) mass is 350 g/mol. The number of nitrogens with one attached hydrogen (secondary N) is 1. The van der Waals surface area contributed by atoms with Gasteiger partial charge in [-0.15, -0.1) is 0 Å². The number of fused-ring (bicyclic) bond motifs is 1. The molecule has 1 aliphatic rings. The number of nitrogens with zero attached hydrogens (tertiary/aromatic N) is 1. The fourth-order valence-electron chi connectivity index (χ4n) is 3.98. The van der Waals surface area contributed by atoms with Gasteiger partial charge in [0.05, 0.1) is 6.07 Å². The zero-order valence-electron chi connectivity index (χ0n) is 15.7. The molecule has 0 radical (unpaired) electrons. The molecular formula is C22H26N2O2. The van der Waals surface area contributed by atoms with E-state index in [0.29, 0.717) is 11.5 Å². The minimum atomic E-state index is -1.35. The van der Waals surface area contributed by atoms with Crippen LogP contribution < -0.4 is 0 Å². The van der Waals surface area contributed by atoms with E-state index in [2.05, 4.69) is 24.6 Å². The molecule has 0 aliphatic heterocycles. The van der Waals surface area contributed by atoms with Crippen LogP contribution in [-0.4, -0.2) is 17.1 Å². The van der Waals surface area contributed by atoms with Gasteiger partial charge in [0.2, 0.25) is 0 Å². The summed E-state index contributed by atoms with van der Waals surface area (Å²) in [5, 5.41) is 10.7. The van der Waals surface area contributed by atoms with Gasteiger partial charge in [-0.3, -0.25) is 0 Å². The van der Waals surface area contributed by atoms with Crippen molar-refractivity contribution in [3.8, 4) is 6.07 Å². The largest absolute Gasteiger partial charge is 0.460 e. The van der Waals surface area contributed by atoms with Gasteiger partial charge in [0, 0.05) is 28.6 Å². The number of carbonyl (C=O) groups excluding carboxylic acids is 1. The average molecular weight is 350 g/mol. The van der Waals surface area contributed by atoms with Crippen molar-refractivity contribution >= 4 is 16.9 Å². The summed E-state index contributed by atoms with van der Waals surface area (Å²) in [6.07, 6.45) is 4.45. The molecule has 1 fully saturated rings. The summed E-state index contributed by atoms with van der Waals surface area (Å²) < 4.78 is 5.93. The SMILES string of the molecule is C=C(C)[C@@H]1CC[C@@H](C)C[C@H]1OC(=O)[C@](C)(C#N)c1c[nH]c2ccccc12. The molecule has 1 heterocycles. The number of para-hydroxylation sites is 1. The van der Waals surface area contributed by atoms with E-state index in [1.807, 2.05) is 31.2 Å². The molecule has 1 aromatic heterocycles. The highest BCUT2D eigenvalue weighted by Gasteiger charge is 2.42. The first-order valence-electron chi connectivity index (χ1n) is 9.21. The molecule has 2 aromatic rings. The number of esters is 1. The highest BCUT2D eigenvalue weighted by atomic mass is 16.5. The molecule has 0 bridgehead atoms. The van der Waals surface area contributed by atoms with Gasteiger partial charge in [0.25, 0.3) is 0 Å². The van der Waals surface area contributed by atoms with Crippen LogP contribution in [0.1, 0.15) is 45.6 Å². The Labute approximate surface area is 154 Å². The van der Waals surface area contributed by atoms with Gasteiger partial charge in [-0.25, -0.2) is 4.79 Å². The lowest BCUT2D eigenvalue weighted by atomic mass is 9.77. The van der Waals surface area contributed by atoms with Crippen LogP contribution in [0.5, 0.6) is 0 Å². The maximum Gasteiger partial charge on any atom is 0.331 e. The molecule has 26 heavy (non-hydrogen) atoms. The average Bonchev–Trinajstić information content (AvgIpc) is 3.05. The van der Waals surface area contributed by atoms with Gasteiger partial charge in [0.15, 0.2) is 5.41 Å². The van der Waals surface area contributed by atoms with E-state index < -0.39 is 11.4 Å². The third-order valence-corrected chi connectivity index (χ3v) is 5.71. The van der Waals surface area contributed by atoms with E-state index in [9.17, 15) is 10.1 Å². The van der Waals surface area contributed by atoms with E-state index in [4.69, 9.17) is 4.74 Å². The minimum Gasteiger partial charge on any atom is -0.460 e. The first-order chi connectivity index (χ1) is 12.4. The lowest BCUT2D eigenvalue weighted by Gasteiger charge is -2.36. The lowest BCUT2D eigenvalue weighted by molar-refractivity contribution is -0.157. The fraction of sp³-hybridized carbons (Fsp3) is 0.455. The van der Waals surface area contributed by atoms with Crippen LogP contribution in [0, 0.1) is 23.2 Å². The summed E-state index contributed by atoms with van der Waals surface area (Å²) in [4.78, 5) is 16.2. The van der Waals surface area contributed by atoms with Crippen molar-refractivity contribution in [2.24, 2.45) is 11.8 Å². The number of nitriles is 1. The predicted molar refractivity (Wildman–Crippen MR) is 102 cm³/mol. The first kappa shape index (κ1) is 18.3. The molecule has 0 spiro atoms. The third kappa shape index (κ3) is 3.14. The number of ether oxygens (including phenoxy) is 1. The molecule has 1 aliphatic carbocycles. The highest BCUT2D eigenvalue weighted by molar-refractivity contribution is 5.94. The van der Waals surface area contributed by atoms with E-state index in [1.54, 1.807) is 13.1 Å². The van der Waals surface area contributed by atoms with Gasteiger partial charge in [-0.2, -0.15) is 5.26 Å². The molecule has 4 atom stereocenters. The summed E-state index contributed by atoms with van der Waals surface area (Å²) in [5.74, 6) is 0.195. The Kier molecular flexibility index (Phi) is 4.91. The Morgan fingerprint density at radius 2 is 2.12 bits per heavy atom. The maximum absolute atomic E-state index is 13.1. The van der Waals surface area contributed by atoms with Gasteiger partial charge in [-0.05, 0) is 45.1 Å². The molecule has 1 saturated carbocycles. The molecule has 4 nitrogen and oxygen atoms in total. The second-order valence-corrected chi connectivity index (χ2v) is 7.80. The minimum absolute atomic E-state index is 0.168. The van der Waals surface area contributed by atoms with Crippen molar-refractivity contribution in [2.45, 2.75) is 51.6 Å². The summed E-state index contributed by atoms with van der Waals surface area (Å²) in [6, 6.07) is 9.88.